The van der Waals surface area contributed by atoms with Crippen molar-refractivity contribution in [3.8, 4) is 16.9 Å². The summed E-state index contributed by atoms with van der Waals surface area (Å²) >= 11 is 0. The van der Waals surface area contributed by atoms with Gasteiger partial charge in [-0.3, -0.25) is 0 Å². The first-order valence-electron chi connectivity index (χ1n) is 14.1. The first-order valence-corrected chi connectivity index (χ1v) is 14.1. The molecule has 0 saturated heterocycles. The molecule has 39 heavy (non-hydrogen) atoms. The Morgan fingerprint density at radius 3 is 2.54 bits per heavy atom. The topological polar surface area (TPSA) is 54.9 Å². The van der Waals surface area contributed by atoms with Crippen molar-refractivity contribution in [3.05, 3.63) is 58.4 Å². The molecule has 7 heteroatoms. The molecule has 0 amide bonds. The lowest BCUT2D eigenvalue weighted by Gasteiger charge is -2.17. The van der Waals surface area contributed by atoms with Crippen LogP contribution < -0.4 is 15.4 Å². The predicted molar refractivity (Wildman–Crippen MR) is 158 cm³/mol. The SMILES string of the molecule is CNc1ccc(F)c(-c2cc(/C=N\C(NC3CC[C@@H](CCCCCCOC)C3)=C(C)C)c(C)c(OC)c2)c1F. The van der Waals surface area contributed by atoms with Crippen LogP contribution in [0.15, 0.2) is 40.7 Å². The fourth-order valence-electron chi connectivity index (χ4n) is 5.35. The molecule has 2 atom stereocenters. The summed E-state index contributed by atoms with van der Waals surface area (Å²) in [6, 6.07) is 6.50. The summed E-state index contributed by atoms with van der Waals surface area (Å²) in [6.07, 6.45) is 11.5. The van der Waals surface area contributed by atoms with Crippen molar-refractivity contribution in [2.75, 3.05) is 33.2 Å². The van der Waals surface area contributed by atoms with Crippen LogP contribution in [-0.4, -0.2) is 40.1 Å². The highest BCUT2D eigenvalue weighted by molar-refractivity contribution is 5.87. The van der Waals surface area contributed by atoms with E-state index in [-0.39, 0.29) is 11.3 Å². The molecule has 214 valence electrons. The second-order valence-electron chi connectivity index (χ2n) is 10.7. The summed E-state index contributed by atoms with van der Waals surface area (Å²) < 4.78 is 40.6. The van der Waals surface area contributed by atoms with Gasteiger partial charge >= 0.3 is 0 Å². The minimum atomic E-state index is -0.635. The number of aliphatic imine (C=N–C) groups is 1. The van der Waals surface area contributed by atoms with Crippen LogP contribution >= 0.6 is 0 Å². The van der Waals surface area contributed by atoms with Crippen molar-refractivity contribution in [3.63, 3.8) is 0 Å². The Balaban J connectivity index is 1.74. The normalized spacial score (nSPS) is 17.0. The van der Waals surface area contributed by atoms with Gasteiger partial charge < -0.3 is 20.1 Å². The van der Waals surface area contributed by atoms with E-state index in [1.807, 2.05) is 20.8 Å². The fourth-order valence-corrected chi connectivity index (χ4v) is 5.35. The number of nitrogens with one attached hydrogen (secondary N) is 2. The van der Waals surface area contributed by atoms with Crippen molar-refractivity contribution in [2.24, 2.45) is 10.9 Å². The lowest BCUT2D eigenvalue weighted by atomic mass is 9.97. The van der Waals surface area contributed by atoms with E-state index >= 15 is 4.39 Å². The zero-order valence-electron chi connectivity index (χ0n) is 24.4. The number of ether oxygens (including phenoxy) is 2. The molecule has 0 bridgehead atoms. The van der Waals surface area contributed by atoms with Gasteiger partial charge in [-0.2, -0.15) is 0 Å². The van der Waals surface area contributed by atoms with E-state index in [0.29, 0.717) is 17.4 Å². The molecule has 2 aromatic carbocycles. The maximum Gasteiger partial charge on any atom is 0.157 e. The summed E-state index contributed by atoms with van der Waals surface area (Å²) in [4.78, 5) is 4.81. The van der Waals surface area contributed by atoms with Gasteiger partial charge in [-0.05, 0) is 93.3 Å². The van der Waals surface area contributed by atoms with Gasteiger partial charge in [0.05, 0.1) is 18.4 Å². The van der Waals surface area contributed by atoms with Gasteiger partial charge in [-0.15, -0.1) is 0 Å². The van der Waals surface area contributed by atoms with Gasteiger partial charge in [-0.1, -0.05) is 25.7 Å². The molecule has 1 unspecified atom stereocenters. The van der Waals surface area contributed by atoms with Crippen LogP contribution in [-0.2, 0) is 4.74 Å². The second-order valence-corrected chi connectivity index (χ2v) is 10.7. The molecule has 1 aliphatic rings. The van der Waals surface area contributed by atoms with E-state index in [1.165, 1.54) is 44.2 Å². The Bertz CT molecular complexity index is 1160. The molecule has 2 N–H and O–H groups in total. The molecule has 2 aromatic rings. The average molecular weight is 542 g/mol. The highest BCUT2D eigenvalue weighted by Crippen LogP contribution is 2.35. The predicted octanol–water partition coefficient (Wildman–Crippen LogP) is 8.02. The first-order chi connectivity index (χ1) is 18.8. The van der Waals surface area contributed by atoms with E-state index in [2.05, 4.69) is 10.6 Å². The molecular weight excluding hydrogens is 496 g/mol. The Kier molecular flexibility index (Phi) is 11.8. The van der Waals surface area contributed by atoms with E-state index in [9.17, 15) is 4.39 Å². The number of anilines is 1. The molecule has 1 fully saturated rings. The van der Waals surface area contributed by atoms with E-state index in [4.69, 9.17) is 14.5 Å². The van der Waals surface area contributed by atoms with Crippen molar-refractivity contribution in [1.29, 1.82) is 0 Å². The largest absolute Gasteiger partial charge is 0.496 e. The van der Waals surface area contributed by atoms with Crippen LogP contribution in [0.5, 0.6) is 5.75 Å². The summed E-state index contributed by atoms with van der Waals surface area (Å²) in [6.45, 7) is 6.87. The molecule has 0 aromatic heterocycles. The Morgan fingerprint density at radius 1 is 1.08 bits per heavy atom. The van der Waals surface area contributed by atoms with E-state index in [1.54, 1.807) is 39.6 Å². The Morgan fingerprint density at radius 2 is 1.85 bits per heavy atom. The molecule has 0 aliphatic heterocycles. The van der Waals surface area contributed by atoms with E-state index < -0.39 is 11.6 Å². The summed E-state index contributed by atoms with van der Waals surface area (Å²) in [5.41, 5.74) is 3.24. The summed E-state index contributed by atoms with van der Waals surface area (Å²) in [7, 11) is 4.93. The monoisotopic (exact) mass is 541 g/mol. The Labute approximate surface area is 233 Å². The third-order valence-corrected chi connectivity index (χ3v) is 7.67. The number of halogens is 2. The number of nitrogens with zero attached hydrogens (tertiary/aromatic N) is 1. The number of benzene rings is 2. The minimum Gasteiger partial charge on any atom is -0.496 e. The molecule has 3 rings (SSSR count). The highest BCUT2D eigenvalue weighted by atomic mass is 19.1. The Hall–Kier alpha value is -2.93. The van der Waals surface area contributed by atoms with Crippen LogP contribution in [0.4, 0.5) is 14.5 Å². The zero-order valence-corrected chi connectivity index (χ0v) is 24.4. The number of hydrogen-bond donors (Lipinski definition) is 2. The molecule has 0 heterocycles. The van der Waals surface area contributed by atoms with Gasteiger partial charge in [0.25, 0.3) is 0 Å². The van der Waals surface area contributed by atoms with Crippen molar-refractivity contribution in [2.45, 2.75) is 78.2 Å². The highest BCUT2D eigenvalue weighted by Gasteiger charge is 2.25. The van der Waals surface area contributed by atoms with Crippen molar-refractivity contribution < 1.29 is 18.3 Å². The van der Waals surface area contributed by atoms with Gasteiger partial charge in [-0.25, -0.2) is 13.8 Å². The van der Waals surface area contributed by atoms with Crippen LogP contribution in [0.2, 0.25) is 0 Å². The fraction of sp³-hybridized carbons (Fsp3) is 0.531. The van der Waals surface area contributed by atoms with E-state index in [0.717, 1.165) is 54.3 Å². The van der Waals surface area contributed by atoms with Crippen LogP contribution in [0, 0.1) is 24.5 Å². The molecule has 1 aliphatic carbocycles. The van der Waals surface area contributed by atoms with Gasteiger partial charge in [0.2, 0.25) is 0 Å². The standard InChI is InChI=1S/C32H45F2N3O2/c1-21(2)32(37-26-13-12-23(17-26)11-9-7-8-10-16-38-5)36-20-25-18-24(19-29(39-6)22(25)3)30-27(33)14-15-28(35-4)31(30)34/h14-15,18-20,23,26,35,37H,7-13,16-17H2,1-6H3/b36-20-/t23-,26?/m1/s1. The van der Waals surface area contributed by atoms with Crippen LogP contribution in [0.1, 0.15) is 76.3 Å². The minimum absolute atomic E-state index is 0.0916. The molecule has 0 spiro atoms. The smallest absolute Gasteiger partial charge is 0.157 e. The van der Waals surface area contributed by atoms with Gasteiger partial charge in [0, 0.05) is 38.6 Å². The lowest BCUT2D eigenvalue weighted by Crippen LogP contribution is -2.26. The number of rotatable bonds is 14. The number of allylic oxidation sites excluding steroid dienone is 1. The zero-order chi connectivity index (χ0) is 28.4. The lowest BCUT2D eigenvalue weighted by molar-refractivity contribution is 0.191. The van der Waals surface area contributed by atoms with Crippen molar-refractivity contribution in [1.82, 2.24) is 5.32 Å². The van der Waals surface area contributed by atoms with Gasteiger partial charge in [0.15, 0.2) is 5.82 Å². The first kappa shape index (κ1) is 30.6. The maximum atomic E-state index is 15.1. The molecular formula is C32H45F2N3O2. The van der Waals surface area contributed by atoms with Gasteiger partial charge in [0.1, 0.15) is 17.4 Å². The number of hydrogen-bond acceptors (Lipinski definition) is 5. The maximum absolute atomic E-state index is 15.1. The third-order valence-electron chi connectivity index (χ3n) is 7.67. The average Bonchev–Trinajstić information content (AvgIpc) is 3.37. The third kappa shape index (κ3) is 8.28. The second kappa shape index (κ2) is 15.0. The quantitative estimate of drug-likeness (QED) is 0.188. The molecule has 1 saturated carbocycles. The number of unbranched alkanes of at least 4 members (excludes halogenated alkanes) is 3. The van der Waals surface area contributed by atoms with Crippen LogP contribution in [0.3, 0.4) is 0 Å². The molecule has 0 radical (unpaired) electrons. The van der Waals surface area contributed by atoms with Crippen LogP contribution in [0.25, 0.3) is 11.1 Å². The van der Waals surface area contributed by atoms with Crippen molar-refractivity contribution >= 4 is 11.9 Å². The summed E-state index contributed by atoms with van der Waals surface area (Å²) in [5.74, 6) is 0.892. The summed E-state index contributed by atoms with van der Waals surface area (Å²) in [5, 5.41) is 6.45. The molecule has 5 nitrogen and oxygen atoms in total. The number of methoxy groups -OCH3 is 2.